The van der Waals surface area contributed by atoms with Gasteiger partial charge in [-0.3, -0.25) is 4.90 Å². The largest absolute Gasteiger partial charge is 0.351 e. The maximum Gasteiger partial charge on any atom is 0.258 e. The van der Waals surface area contributed by atoms with Gasteiger partial charge in [0.15, 0.2) is 16.7 Å². The molecular weight excluding hydrogens is 478 g/mol. The van der Waals surface area contributed by atoms with Crippen molar-refractivity contribution in [1.82, 2.24) is 15.5 Å². The van der Waals surface area contributed by atoms with Crippen molar-refractivity contribution in [3.05, 3.63) is 107 Å². The van der Waals surface area contributed by atoms with Gasteiger partial charge in [0.05, 0.1) is 17.3 Å². The summed E-state index contributed by atoms with van der Waals surface area (Å²) in [5, 5.41) is 8.34. The molecule has 3 aromatic carbocycles. The third-order valence-corrected chi connectivity index (χ3v) is 6.09. The minimum Gasteiger partial charge on any atom is -0.351 e. The van der Waals surface area contributed by atoms with E-state index in [0.717, 1.165) is 23.3 Å². The predicted molar refractivity (Wildman–Crippen MR) is 131 cm³/mol. The summed E-state index contributed by atoms with van der Waals surface area (Å²) in [4.78, 5) is 6.24. The zero-order valence-corrected chi connectivity index (χ0v) is 19.4. The second-order valence-electron chi connectivity index (χ2n) is 7.66. The van der Waals surface area contributed by atoms with E-state index in [2.05, 4.69) is 15.5 Å². The van der Waals surface area contributed by atoms with Gasteiger partial charge in [0.2, 0.25) is 5.82 Å². The second-order valence-corrected chi connectivity index (χ2v) is 8.48. The molecule has 0 spiro atoms. The first-order valence-electron chi connectivity index (χ1n) is 10.3. The van der Waals surface area contributed by atoms with Gasteiger partial charge >= 0.3 is 0 Å². The van der Waals surface area contributed by atoms with Gasteiger partial charge in [0.25, 0.3) is 5.89 Å². The van der Waals surface area contributed by atoms with Crippen LogP contribution in [0.2, 0.25) is 5.02 Å². The lowest BCUT2D eigenvalue weighted by atomic mass is 9.94. The zero-order valence-electron chi connectivity index (χ0n) is 17.8. The van der Waals surface area contributed by atoms with Gasteiger partial charge in [-0.05, 0) is 49.0 Å². The molecule has 1 aliphatic rings. The van der Waals surface area contributed by atoms with Crippen LogP contribution in [-0.4, -0.2) is 15.3 Å². The summed E-state index contributed by atoms with van der Waals surface area (Å²) < 4.78 is 33.3. The lowest BCUT2D eigenvalue weighted by Crippen LogP contribution is -2.46. The van der Waals surface area contributed by atoms with Crippen LogP contribution in [0.1, 0.15) is 24.4 Å². The van der Waals surface area contributed by atoms with E-state index in [1.165, 1.54) is 6.07 Å². The Morgan fingerprint density at radius 2 is 1.74 bits per heavy atom. The molecule has 9 heteroatoms. The number of nitrogens with zero attached hydrogens (tertiary/aromatic N) is 3. The Balaban J connectivity index is 1.66. The highest BCUT2D eigenvalue weighted by molar-refractivity contribution is 7.80. The standard InChI is InChI=1S/C25H17ClF2N4OS/c1-14-21(24-30-23(31-33-24)16-5-3-2-4-6-16)22(15-7-9-17(26)10-8-15)29-25(34)32(14)18-11-12-19(27)20(28)13-18/h2-13,22H,1H3,(H,29,34). The van der Waals surface area contributed by atoms with Crippen LogP contribution < -0.4 is 10.2 Å². The molecule has 5 rings (SSSR count). The molecule has 0 saturated carbocycles. The van der Waals surface area contributed by atoms with Crippen molar-refractivity contribution in [1.29, 1.82) is 0 Å². The summed E-state index contributed by atoms with van der Waals surface area (Å²) in [6.45, 7) is 1.82. The van der Waals surface area contributed by atoms with Crippen LogP contribution in [0.4, 0.5) is 14.5 Å². The van der Waals surface area contributed by atoms with Crippen LogP contribution in [0.25, 0.3) is 17.0 Å². The topological polar surface area (TPSA) is 54.2 Å². The average Bonchev–Trinajstić information content (AvgIpc) is 3.32. The van der Waals surface area contributed by atoms with E-state index in [0.29, 0.717) is 32.9 Å². The van der Waals surface area contributed by atoms with E-state index in [9.17, 15) is 8.78 Å². The first kappa shape index (κ1) is 22.2. The molecule has 1 atom stereocenters. The fraction of sp³-hybridized carbons (Fsp3) is 0.0800. The Morgan fingerprint density at radius 3 is 2.44 bits per heavy atom. The van der Waals surface area contributed by atoms with E-state index in [1.54, 1.807) is 17.0 Å². The quantitative estimate of drug-likeness (QED) is 0.325. The third kappa shape index (κ3) is 4.06. The van der Waals surface area contributed by atoms with Gasteiger partial charge < -0.3 is 9.84 Å². The molecule has 1 aromatic heterocycles. The van der Waals surface area contributed by atoms with E-state index in [-0.39, 0.29) is 5.89 Å². The van der Waals surface area contributed by atoms with E-state index < -0.39 is 17.7 Å². The molecule has 170 valence electrons. The van der Waals surface area contributed by atoms with Crippen molar-refractivity contribution in [3.63, 3.8) is 0 Å². The molecule has 0 saturated heterocycles. The molecule has 1 N–H and O–H groups in total. The number of anilines is 1. The SMILES string of the molecule is CC1=C(c2nc(-c3ccccc3)no2)C(c2ccc(Cl)cc2)NC(=S)N1c1ccc(F)c(F)c1. The van der Waals surface area contributed by atoms with Crippen LogP contribution in [0.3, 0.4) is 0 Å². The molecule has 2 heterocycles. The number of aromatic nitrogens is 2. The van der Waals surface area contributed by atoms with Crippen LogP contribution >= 0.6 is 23.8 Å². The van der Waals surface area contributed by atoms with E-state index in [1.807, 2.05) is 49.4 Å². The average molecular weight is 495 g/mol. The van der Waals surface area contributed by atoms with Crippen molar-refractivity contribution >= 4 is 40.2 Å². The monoisotopic (exact) mass is 494 g/mol. The predicted octanol–water partition coefficient (Wildman–Crippen LogP) is 6.54. The number of halogens is 3. The molecular formula is C25H17ClF2N4OS. The molecule has 0 amide bonds. The first-order chi connectivity index (χ1) is 16.4. The van der Waals surface area contributed by atoms with Crippen molar-refractivity contribution in [2.75, 3.05) is 4.90 Å². The number of hydrogen-bond donors (Lipinski definition) is 1. The molecule has 5 nitrogen and oxygen atoms in total. The Morgan fingerprint density at radius 1 is 1.00 bits per heavy atom. The number of thiocarbonyl (C=S) groups is 1. The maximum absolute atomic E-state index is 14.0. The van der Waals surface area contributed by atoms with Crippen molar-refractivity contribution in [3.8, 4) is 11.4 Å². The van der Waals surface area contributed by atoms with Crippen LogP contribution in [-0.2, 0) is 0 Å². The second kappa shape index (κ2) is 8.96. The molecule has 1 aliphatic heterocycles. The highest BCUT2D eigenvalue weighted by Crippen LogP contribution is 2.39. The van der Waals surface area contributed by atoms with Gasteiger partial charge in [-0.25, -0.2) is 8.78 Å². The summed E-state index contributed by atoms with van der Waals surface area (Å²) in [5.41, 5.74) is 3.32. The van der Waals surface area contributed by atoms with Gasteiger partial charge in [0, 0.05) is 22.3 Å². The zero-order chi connectivity index (χ0) is 23.8. The number of hydrogen-bond acceptors (Lipinski definition) is 4. The summed E-state index contributed by atoms with van der Waals surface area (Å²) >= 11 is 11.7. The van der Waals surface area contributed by atoms with Gasteiger partial charge in [-0.2, -0.15) is 4.98 Å². The van der Waals surface area contributed by atoms with Crippen LogP contribution in [0.5, 0.6) is 0 Å². The lowest BCUT2D eigenvalue weighted by molar-refractivity contribution is 0.404. The first-order valence-corrected chi connectivity index (χ1v) is 11.1. The summed E-state index contributed by atoms with van der Waals surface area (Å²) in [6.07, 6.45) is 0. The van der Waals surface area contributed by atoms with Crippen molar-refractivity contribution in [2.45, 2.75) is 13.0 Å². The van der Waals surface area contributed by atoms with E-state index >= 15 is 0 Å². The summed E-state index contributed by atoms with van der Waals surface area (Å²) in [7, 11) is 0. The molecule has 0 aliphatic carbocycles. The maximum atomic E-state index is 14.0. The fourth-order valence-corrected chi connectivity index (χ4v) is 4.38. The summed E-state index contributed by atoms with van der Waals surface area (Å²) in [5.74, 6) is -1.21. The molecule has 34 heavy (non-hydrogen) atoms. The Bertz CT molecular complexity index is 1410. The van der Waals surface area contributed by atoms with Crippen LogP contribution in [0, 0.1) is 11.6 Å². The summed E-state index contributed by atoms with van der Waals surface area (Å²) in [6, 6.07) is 19.9. The Hall–Kier alpha value is -3.62. The highest BCUT2D eigenvalue weighted by Gasteiger charge is 2.35. The smallest absolute Gasteiger partial charge is 0.258 e. The minimum absolute atomic E-state index is 0.277. The molecule has 0 bridgehead atoms. The number of benzene rings is 3. The number of rotatable bonds is 4. The molecule has 0 radical (unpaired) electrons. The Labute approximate surface area is 204 Å². The third-order valence-electron chi connectivity index (χ3n) is 5.54. The normalized spacial score (nSPS) is 16.1. The van der Waals surface area contributed by atoms with Gasteiger partial charge in [-0.15, -0.1) is 0 Å². The highest BCUT2D eigenvalue weighted by atomic mass is 35.5. The van der Waals surface area contributed by atoms with Gasteiger partial charge in [-0.1, -0.05) is 59.2 Å². The van der Waals surface area contributed by atoms with E-state index in [4.69, 9.17) is 28.3 Å². The van der Waals surface area contributed by atoms with Crippen molar-refractivity contribution in [2.24, 2.45) is 0 Å². The molecule has 0 fully saturated rings. The molecule has 1 unspecified atom stereocenters. The lowest BCUT2D eigenvalue weighted by Gasteiger charge is -2.37. The Kier molecular flexibility index (Phi) is 5.85. The van der Waals surface area contributed by atoms with Crippen molar-refractivity contribution < 1.29 is 13.3 Å². The minimum atomic E-state index is -0.973. The van der Waals surface area contributed by atoms with Crippen LogP contribution in [0.15, 0.2) is 83.0 Å². The van der Waals surface area contributed by atoms with Gasteiger partial charge in [0.1, 0.15) is 0 Å². The molecule has 4 aromatic rings. The number of nitrogens with one attached hydrogen (secondary N) is 1. The number of allylic oxidation sites excluding steroid dienone is 1. The fourth-order valence-electron chi connectivity index (χ4n) is 3.90.